The summed E-state index contributed by atoms with van der Waals surface area (Å²) in [7, 11) is 4.19. The molecule has 1 amide bonds. The van der Waals surface area contributed by atoms with E-state index in [1.165, 1.54) is 0 Å². The summed E-state index contributed by atoms with van der Waals surface area (Å²) in [4.78, 5) is 10.7. The van der Waals surface area contributed by atoms with Crippen molar-refractivity contribution in [1.29, 1.82) is 0 Å². The van der Waals surface area contributed by atoms with Crippen molar-refractivity contribution in [2.24, 2.45) is 5.73 Å². The molecule has 1 aromatic carbocycles. The second-order valence-electron chi connectivity index (χ2n) is 5.33. The highest BCUT2D eigenvalue weighted by Gasteiger charge is 2.19. The Bertz CT molecular complexity index is 495. The van der Waals surface area contributed by atoms with E-state index >= 15 is 0 Å². The summed E-state index contributed by atoms with van der Waals surface area (Å²) in [5, 5.41) is 6.77. The number of rotatable bonds is 7. The maximum absolute atomic E-state index is 13.7. The molecule has 24 heavy (non-hydrogen) atoms. The third-order valence-electron chi connectivity index (χ3n) is 3.04. The molecule has 0 aliphatic carbocycles. The molecule has 0 aromatic heterocycles. The molecule has 1 rings (SSSR count). The normalized spacial score (nSPS) is 13.3. The van der Waals surface area contributed by atoms with Crippen molar-refractivity contribution in [2.75, 3.05) is 6.61 Å². The zero-order valence-electron chi connectivity index (χ0n) is 14.4. The molecule has 4 unspecified atom stereocenters. The predicted molar refractivity (Wildman–Crippen MR) is 101 cm³/mol. The van der Waals surface area contributed by atoms with Crippen molar-refractivity contribution >= 4 is 24.6 Å². The third kappa shape index (κ3) is 10.7. The second-order valence-corrected chi connectivity index (χ2v) is 7.68. The predicted octanol–water partition coefficient (Wildman–Crippen LogP) is 3.55. The van der Waals surface area contributed by atoms with Crippen LogP contribution in [-0.2, 0) is 9.89 Å². The Morgan fingerprint density at radius 2 is 1.96 bits per heavy atom. The van der Waals surface area contributed by atoms with Crippen molar-refractivity contribution in [3.05, 3.63) is 29.8 Å². The minimum Gasteiger partial charge on any atom is -0.490 e. The molecular formula is C16H28FNO4P2. The molecule has 0 heterocycles. The number of nitrogens with two attached hydrogens (primary N) is 1. The summed E-state index contributed by atoms with van der Waals surface area (Å²) >= 11 is 0. The SMILES string of the molecule is CCC(C)O.CCC(COc1cccc(C(F)(P)P)c1)OC(N)=O. The quantitative estimate of drug-likeness (QED) is 0.710. The van der Waals surface area contributed by atoms with Gasteiger partial charge < -0.3 is 20.3 Å². The summed E-state index contributed by atoms with van der Waals surface area (Å²) < 4.78 is 24.1. The minimum atomic E-state index is -1.59. The molecule has 0 radical (unpaired) electrons. The number of benzene rings is 1. The monoisotopic (exact) mass is 379 g/mol. The molecule has 0 spiro atoms. The van der Waals surface area contributed by atoms with Crippen LogP contribution in [0.1, 0.15) is 39.2 Å². The highest BCUT2D eigenvalue weighted by Crippen LogP contribution is 2.40. The number of aliphatic hydroxyl groups is 1. The van der Waals surface area contributed by atoms with Gasteiger partial charge in [-0.15, -0.1) is 0 Å². The zero-order chi connectivity index (χ0) is 18.8. The minimum absolute atomic E-state index is 0.116. The lowest BCUT2D eigenvalue weighted by Crippen LogP contribution is -2.27. The Balaban J connectivity index is 0.000000922. The molecule has 0 saturated heterocycles. The fourth-order valence-electron chi connectivity index (χ4n) is 1.41. The van der Waals surface area contributed by atoms with Crippen LogP contribution in [0.15, 0.2) is 24.3 Å². The highest BCUT2D eigenvalue weighted by atomic mass is 31.1. The Labute approximate surface area is 147 Å². The molecule has 1 aromatic rings. The van der Waals surface area contributed by atoms with Crippen LogP contribution < -0.4 is 10.5 Å². The van der Waals surface area contributed by atoms with Crippen molar-refractivity contribution in [3.8, 4) is 5.75 Å². The van der Waals surface area contributed by atoms with Gasteiger partial charge >= 0.3 is 6.09 Å². The number of hydrogen-bond donors (Lipinski definition) is 2. The zero-order valence-corrected chi connectivity index (χ0v) is 16.7. The summed E-state index contributed by atoms with van der Waals surface area (Å²) in [6, 6.07) is 6.66. The van der Waals surface area contributed by atoms with Gasteiger partial charge in [-0.05, 0) is 37.5 Å². The van der Waals surface area contributed by atoms with Gasteiger partial charge in [0, 0.05) is 0 Å². The first-order chi connectivity index (χ1) is 11.1. The first kappa shape index (κ1) is 23.0. The molecular weight excluding hydrogens is 351 g/mol. The van der Waals surface area contributed by atoms with Gasteiger partial charge in [-0.1, -0.05) is 44.5 Å². The smallest absolute Gasteiger partial charge is 0.404 e. The van der Waals surface area contributed by atoms with E-state index in [1.54, 1.807) is 31.2 Å². The van der Waals surface area contributed by atoms with Crippen LogP contribution >= 0.6 is 18.5 Å². The van der Waals surface area contributed by atoms with Crippen molar-refractivity contribution in [2.45, 2.75) is 51.0 Å². The van der Waals surface area contributed by atoms with Crippen LogP contribution in [0.25, 0.3) is 0 Å². The molecule has 0 fully saturated rings. The Kier molecular flexibility index (Phi) is 11.1. The van der Waals surface area contributed by atoms with Gasteiger partial charge in [0.25, 0.3) is 0 Å². The topological polar surface area (TPSA) is 81.8 Å². The number of halogens is 1. The van der Waals surface area contributed by atoms with Crippen LogP contribution in [0.5, 0.6) is 5.75 Å². The molecule has 8 heteroatoms. The van der Waals surface area contributed by atoms with Gasteiger partial charge in [0.05, 0.1) is 6.10 Å². The first-order valence-corrected chi connectivity index (χ1v) is 8.89. The maximum atomic E-state index is 13.7. The van der Waals surface area contributed by atoms with Gasteiger partial charge in [-0.2, -0.15) is 0 Å². The van der Waals surface area contributed by atoms with E-state index in [9.17, 15) is 9.18 Å². The van der Waals surface area contributed by atoms with E-state index in [2.05, 4.69) is 18.5 Å². The van der Waals surface area contributed by atoms with Gasteiger partial charge in [0.15, 0.2) is 5.15 Å². The van der Waals surface area contributed by atoms with Crippen molar-refractivity contribution < 1.29 is 23.8 Å². The lowest BCUT2D eigenvalue weighted by atomic mass is 10.2. The third-order valence-corrected chi connectivity index (χ3v) is 3.71. The standard InChI is InChI=1S/C12H18FNO3P2.C4H10O/c1-2-9(17-11(14)15)7-16-10-5-3-4-8(6-10)12(13,18)19;1-3-4(2)5/h3-6,9H,2,7,18-19H2,1H3,(H2,14,15);4-5H,3H2,1-2H3. The summed E-state index contributed by atoms with van der Waals surface area (Å²) in [5.74, 6) is 0.510. The molecule has 4 atom stereocenters. The van der Waals surface area contributed by atoms with Gasteiger partial charge in [0.2, 0.25) is 0 Å². The van der Waals surface area contributed by atoms with Crippen LogP contribution in [0, 0.1) is 0 Å². The van der Waals surface area contributed by atoms with Gasteiger partial charge in [-0.25, -0.2) is 9.18 Å². The molecule has 3 N–H and O–H groups in total. The number of aliphatic hydroxyl groups excluding tert-OH is 1. The number of primary amides is 1. The fraction of sp³-hybridized carbons (Fsp3) is 0.562. The lowest BCUT2D eigenvalue weighted by Gasteiger charge is -2.18. The van der Waals surface area contributed by atoms with Crippen LogP contribution in [0.3, 0.4) is 0 Å². The van der Waals surface area contributed by atoms with Gasteiger partial charge in [0.1, 0.15) is 18.5 Å². The van der Waals surface area contributed by atoms with Crippen molar-refractivity contribution in [1.82, 2.24) is 0 Å². The number of amides is 1. The molecule has 138 valence electrons. The van der Waals surface area contributed by atoms with E-state index < -0.39 is 17.3 Å². The van der Waals surface area contributed by atoms with E-state index in [-0.39, 0.29) is 12.7 Å². The molecule has 0 bridgehead atoms. The van der Waals surface area contributed by atoms with E-state index in [1.807, 2.05) is 13.8 Å². The molecule has 5 nitrogen and oxygen atoms in total. The lowest BCUT2D eigenvalue weighted by molar-refractivity contribution is 0.0693. The highest BCUT2D eigenvalue weighted by molar-refractivity contribution is 7.38. The van der Waals surface area contributed by atoms with Crippen LogP contribution in [-0.4, -0.2) is 30.0 Å². The summed E-state index contributed by atoms with van der Waals surface area (Å²) in [6.07, 6.45) is 0.0864. The number of ether oxygens (including phenoxy) is 2. The number of alkyl halides is 1. The first-order valence-electron chi connectivity index (χ1n) is 7.74. The van der Waals surface area contributed by atoms with E-state index in [4.69, 9.17) is 20.3 Å². The Morgan fingerprint density at radius 1 is 1.38 bits per heavy atom. The number of hydrogen-bond acceptors (Lipinski definition) is 4. The summed E-state index contributed by atoms with van der Waals surface area (Å²) in [5.41, 5.74) is 5.41. The molecule has 0 aliphatic heterocycles. The molecule has 0 aliphatic rings. The average Bonchev–Trinajstić information content (AvgIpc) is 2.51. The van der Waals surface area contributed by atoms with Crippen molar-refractivity contribution in [3.63, 3.8) is 0 Å². The Morgan fingerprint density at radius 3 is 2.38 bits per heavy atom. The van der Waals surface area contributed by atoms with E-state index in [0.29, 0.717) is 17.7 Å². The van der Waals surface area contributed by atoms with Crippen LogP contribution in [0.2, 0.25) is 0 Å². The van der Waals surface area contributed by atoms with E-state index in [0.717, 1.165) is 6.42 Å². The number of carbonyl (C=O) groups is 1. The largest absolute Gasteiger partial charge is 0.490 e. The maximum Gasteiger partial charge on any atom is 0.404 e. The molecule has 0 saturated carbocycles. The Hall–Kier alpha value is -0.960. The second kappa shape index (κ2) is 11.6. The van der Waals surface area contributed by atoms with Gasteiger partial charge in [-0.3, -0.25) is 0 Å². The number of carbonyl (C=O) groups excluding carboxylic acids is 1. The van der Waals surface area contributed by atoms with Crippen LogP contribution in [0.4, 0.5) is 9.18 Å². The fourth-order valence-corrected chi connectivity index (χ4v) is 1.77. The average molecular weight is 379 g/mol. The summed E-state index contributed by atoms with van der Waals surface area (Å²) in [6.45, 7) is 5.76.